The van der Waals surface area contributed by atoms with E-state index in [4.69, 9.17) is 14.2 Å². The number of unbranched alkanes of at least 4 members (excludes halogenated alkanes) is 1. The Morgan fingerprint density at radius 1 is 1.33 bits per heavy atom. The highest BCUT2D eigenvalue weighted by atomic mass is 32.2. The van der Waals surface area contributed by atoms with Gasteiger partial charge >= 0.3 is 6.09 Å². The predicted octanol–water partition coefficient (Wildman–Crippen LogP) is 4.43. The van der Waals surface area contributed by atoms with Crippen LogP contribution in [0.4, 0.5) is 4.79 Å². The van der Waals surface area contributed by atoms with E-state index in [-0.39, 0.29) is 24.8 Å². The third-order valence-electron chi connectivity index (χ3n) is 5.09. The van der Waals surface area contributed by atoms with Gasteiger partial charge in [-0.3, -0.25) is 4.79 Å². The van der Waals surface area contributed by atoms with Gasteiger partial charge in [0, 0.05) is 20.6 Å². The summed E-state index contributed by atoms with van der Waals surface area (Å²) in [5.41, 5.74) is 1.07. The normalized spacial score (nSPS) is 18.8. The molecule has 7 heteroatoms. The molecule has 1 saturated heterocycles. The third kappa shape index (κ3) is 6.59. The van der Waals surface area contributed by atoms with E-state index < -0.39 is 10.8 Å². The summed E-state index contributed by atoms with van der Waals surface area (Å²) in [5, 5.41) is 0. The number of imide groups is 1. The monoisotopic (exact) mass is 435 g/mol. The molecule has 1 aromatic rings. The molecule has 0 aliphatic carbocycles. The number of rotatable bonds is 12. The van der Waals surface area contributed by atoms with Crippen molar-refractivity contribution in [2.24, 2.45) is 0 Å². The Labute approximate surface area is 183 Å². The molecule has 0 aromatic heterocycles. The van der Waals surface area contributed by atoms with E-state index in [0.717, 1.165) is 18.4 Å². The van der Waals surface area contributed by atoms with Crippen molar-refractivity contribution < 1.29 is 23.8 Å². The molecular weight excluding hydrogens is 402 g/mol. The van der Waals surface area contributed by atoms with Gasteiger partial charge in [0.05, 0.1) is 6.04 Å². The van der Waals surface area contributed by atoms with Crippen LogP contribution in [0.15, 0.2) is 42.5 Å². The Hall–Kier alpha value is -1.83. The van der Waals surface area contributed by atoms with Crippen LogP contribution in [0.25, 0.3) is 0 Å². The second-order valence-corrected chi connectivity index (χ2v) is 8.98. The van der Waals surface area contributed by atoms with Crippen LogP contribution in [-0.4, -0.2) is 60.6 Å². The average Bonchev–Trinajstić information content (AvgIpc) is 3.11. The number of benzene rings is 1. The lowest BCUT2D eigenvalue weighted by Crippen LogP contribution is -2.49. The number of ether oxygens (including phenoxy) is 3. The minimum Gasteiger partial charge on any atom is -0.447 e. The average molecular weight is 436 g/mol. The molecule has 0 unspecified atom stereocenters. The van der Waals surface area contributed by atoms with Crippen LogP contribution >= 0.6 is 11.8 Å². The van der Waals surface area contributed by atoms with Crippen molar-refractivity contribution in [2.45, 2.75) is 56.6 Å². The molecule has 0 N–H and O–H groups in total. The third-order valence-corrected chi connectivity index (χ3v) is 6.44. The molecule has 1 fully saturated rings. The number of thioether (sulfide) groups is 1. The van der Waals surface area contributed by atoms with E-state index in [2.05, 4.69) is 6.92 Å². The standard InChI is InChI=1S/C23H33NO5S/c1-5-6-10-14-23(2,30-15-13-20(27-3)28-4)21(25)24-19(17-29-22(24)26)16-18-11-8-7-9-12-18/h7-12,14,19-20H,5-6,13,15-17H2,1-4H3/b14-10+/t19-,23+/m0/s1. The Balaban J connectivity index is 2.17. The summed E-state index contributed by atoms with van der Waals surface area (Å²) in [6, 6.07) is 9.54. The number of nitrogens with zero attached hydrogens (tertiary/aromatic N) is 1. The van der Waals surface area contributed by atoms with Crippen LogP contribution in [-0.2, 0) is 25.4 Å². The van der Waals surface area contributed by atoms with Crippen LogP contribution in [0.1, 0.15) is 38.7 Å². The lowest BCUT2D eigenvalue weighted by molar-refractivity contribution is -0.130. The van der Waals surface area contributed by atoms with E-state index in [1.165, 1.54) is 16.7 Å². The molecule has 0 bridgehead atoms. The quantitative estimate of drug-likeness (QED) is 0.357. The van der Waals surface area contributed by atoms with Crippen molar-refractivity contribution in [3.63, 3.8) is 0 Å². The summed E-state index contributed by atoms with van der Waals surface area (Å²) in [6.07, 6.45) is 6.13. The fourth-order valence-corrected chi connectivity index (χ4v) is 4.49. The Bertz CT molecular complexity index is 707. The molecule has 2 rings (SSSR count). The van der Waals surface area contributed by atoms with Crippen molar-refractivity contribution in [2.75, 3.05) is 26.6 Å². The first-order valence-electron chi connectivity index (χ1n) is 10.4. The lowest BCUT2D eigenvalue weighted by atomic mass is 10.0. The minimum atomic E-state index is -0.875. The van der Waals surface area contributed by atoms with Crippen LogP contribution < -0.4 is 0 Å². The maximum absolute atomic E-state index is 13.6. The smallest absolute Gasteiger partial charge is 0.417 e. The Morgan fingerprint density at radius 3 is 2.67 bits per heavy atom. The molecular formula is C23H33NO5S. The maximum Gasteiger partial charge on any atom is 0.417 e. The highest BCUT2D eigenvalue weighted by Gasteiger charge is 2.45. The van der Waals surface area contributed by atoms with E-state index in [1.54, 1.807) is 14.2 Å². The van der Waals surface area contributed by atoms with Gasteiger partial charge in [0.25, 0.3) is 5.91 Å². The first-order chi connectivity index (χ1) is 14.4. The Morgan fingerprint density at radius 2 is 2.03 bits per heavy atom. The van der Waals surface area contributed by atoms with Gasteiger partial charge in [-0.05, 0) is 31.1 Å². The van der Waals surface area contributed by atoms with Gasteiger partial charge in [0.1, 0.15) is 11.4 Å². The maximum atomic E-state index is 13.6. The van der Waals surface area contributed by atoms with Crippen molar-refractivity contribution in [1.82, 2.24) is 4.90 Å². The number of carbonyl (C=O) groups excluding carboxylic acids is 2. The molecule has 1 aliphatic rings. The second-order valence-electron chi connectivity index (χ2n) is 7.43. The number of methoxy groups -OCH3 is 2. The van der Waals surface area contributed by atoms with E-state index in [1.807, 2.05) is 49.4 Å². The van der Waals surface area contributed by atoms with Gasteiger partial charge in [-0.1, -0.05) is 55.8 Å². The first kappa shape index (κ1) is 24.4. The molecule has 30 heavy (non-hydrogen) atoms. The topological polar surface area (TPSA) is 65.1 Å². The highest BCUT2D eigenvalue weighted by Crippen LogP contribution is 2.33. The summed E-state index contributed by atoms with van der Waals surface area (Å²) >= 11 is 1.49. The molecule has 1 aliphatic heterocycles. The van der Waals surface area contributed by atoms with Gasteiger partial charge in [-0.15, -0.1) is 11.8 Å². The van der Waals surface area contributed by atoms with E-state index in [9.17, 15) is 9.59 Å². The zero-order valence-corrected chi connectivity index (χ0v) is 19.2. The largest absolute Gasteiger partial charge is 0.447 e. The highest BCUT2D eigenvalue weighted by molar-refractivity contribution is 8.01. The molecule has 2 atom stereocenters. The van der Waals surface area contributed by atoms with Gasteiger partial charge in [0.2, 0.25) is 0 Å². The van der Waals surface area contributed by atoms with Crippen LogP contribution in [0, 0.1) is 0 Å². The molecule has 0 radical (unpaired) electrons. The van der Waals surface area contributed by atoms with Crippen molar-refractivity contribution in [3.8, 4) is 0 Å². The van der Waals surface area contributed by atoms with Gasteiger partial charge in [0.15, 0.2) is 6.29 Å². The van der Waals surface area contributed by atoms with Gasteiger partial charge in [-0.2, -0.15) is 0 Å². The summed E-state index contributed by atoms with van der Waals surface area (Å²) in [6.45, 7) is 4.17. The lowest BCUT2D eigenvalue weighted by Gasteiger charge is -2.31. The number of cyclic esters (lactones) is 1. The molecule has 6 nitrogen and oxygen atoms in total. The van der Waals surface area contributed by atoms with Crippen LogP contribution in [0.2, 0.25) is 0 Å². The number of hydrogen-bond donors (Lipinski definition) is 0. The Kier molecular flexibility index (Phi) is 9.88. The summed E-state index contributed by atoms with van der Waals surface area (Å²) < 4.78 is 14.9. The van der Waals surface area contributed by atoms with E-state index in [0.29, 0.717) is 18.6 Å². The van der Waals surface area contributed by atoms with Crippen LogP contribution in [0.3, 0.4) is 0 Å². The summed E-state index contributed by atoms with van der Waals surface area (Å²) in [4.78, 5) is 27.4. The number of hydrogen-bond acceptors (Lipinski definition) is 6. The first-order valence-corrected chi connectivity index (χ1v) is 11.3. The molecule has 2 amide bonds. The summed E-state index contributed by atoms with van der Waals surface area (Å²) in [5.74, 6) is 0.409. The second kappa shape index (κ2) is 12.1. The zero-order valence-electron chi connectivity index (χ0n) is 18.3. The number of amides is 2. The molecule has 0 saturated carbocycles. The minimum absolute atomic E-state index is 0.217. The van der Waals surface area contributed by atoms with E-state index >= 15 is 0 Å². The fourth-order valence-electron chi connectivity index (χ4n) is 3.34. The molecule has 0 spiro atoms. The SMILES string of the molecule is CCC/C=C/[C@@](C)(SCCC(OC)OC)C(=O)N1C(=O)OC[C@@H]1Cc1ccccc1. The van der Waals surface area contributed by atoms with Gasteiger partial charge in [-0.25, -0.2) is 9.69 Å². The molecule has 166 valence electrons. The fraction of sp³-hybridized carbons (Fsp3) is 0.565. The molecule has 1 heterocycles. The number of carbonyl (C=O) groups is 2. The van der Waals surface area contributed by atoms with Crippen LogP contribution in [0.5, 0.6) is 0 Å². The van der Waals surface area contributed by atoms with Crippen molar-refractivity contribution in [3.05, 3.63) is 48.0 Å². The van der Waals surface area contributed by atoms with Gasteiger partial charge < -0.3 is 14.2 Å². The zero-order chi connectivity index (χ0) is 22.0. The van der Waals surface area contributed by atoms with Crippen molar-refractivity contribution >= 4 is 23.8 Å². The summed E-state index contributed by atoms with van der Waals surface area (Å²) in [7, 11) is 3.19. The number of allylic oxidation sites excluding steroid dienone is 1. The predicted molar refractivity (Wildman–Crippen MR) is 119 cm³/mol. The van der Waals surface area contributed by atoms with Crippen molar-refractivity contribution in [1.29, 1.82) is 0 Å². The molecule has 1 aromatic carbocycles.